The van der Waals surface area contributed by atoms with Gasteiger partial charge in [0, 0.05) is 43.8 Å². The molecule has 1 aromatic heterocycles. The lowest BCUT2D eigenvalue weighted by Crippen LogP contribution is -2.38. The Balaban J connectivity index is 1.62. The molecule has 1 amide bonds. The highest BCUT2D eigenvalue weighted by molar-refractivity contribution is 9.10. The standard InChI is InChI=1S/C19H21BrN4O3S/c1-2-26-16-11-14(12-21)10-15(20)18(16)27-13-17(25)23-5-3-6-24(8-7-23)19-22-4-9-28-19/h4,9-11H,2-3,5-8,13H2,1H3. The van der Waals surface area contributed by atoms with Crippen molar-refractivity contribution in [2.24, 2.45) is 0 Å². The van der Waals surface area contributed by atoms with Gasteiger partial charge in [0.25, 0.3) is 5.91 Å². The SMILES string of the molecule is CCOc1cc(C#N)cc(Br)c1OCC(=O)N1CCCN(c2nccs2)CC1. The Kier molecular flexibility index (Phi) is 7.12. The quantitative estimate of drug-likeness (QED) is 0.652. The first kappa shape index (κ1) is 20.4. The molecular formula is C19H21BrN4O3S. The second kappa shape index (κ2) is 9.75. The van der Waals surface area contributed by atoms with E-state index < -0.39 is 0 Å². The molecule has 148 valence electrons. The van der Waals surface area contributed by atoms with Crippen molar-refractivity contribution in [3.05, 3.63) is 33.7 Å². The Hall–Kier alpha value is -2.31. The molecule has 1 saturated heterocycles. The summed E-state index contributed by atoms with van der Waals surface area (Å²) in [6.45, 7) is 5.17. The van der Waals surface area contributed by atoms with Crippen molar-refractivity contribution < 1.29 is 14.3 Å². The number of carbonyl (C=O) groups is 1. The summed E-state index contributed by atoms with van der Waals surface area (Å²) in [5.41, 5.74) is 0.462. The summed E-state index contributed by atoms with van der Waals surface area (Å²) < 4.78 is 11.9. The first-order valence-electron chi connectivity index (χ1n) is 9.03. The minimum atomic E-state index is -0.0815. The van der Waals surface area contributed by atoms with Crippen LogP contribution in [0.25, 0.3) is 0 Å². The summed E-state index contributed by atoms with van der Waals surface area (Å²) in [5, 5.41) is 12.1. The number of rotatable bonds is 6. The number of nitrogens with zero attached hydrogens (tertiary/aromatic N) is 4. The number of anilines is 1. The minimum Gasteiger partial charge on any atom is -0.490 e. The van der Waals surface area contributed by atoms with Crippen LogP contribution in [0.3, 0.4) is 0 Å². The molecule has 0 saturated carbocycles. The van der Waals surface area contributed by atoms with Crippen molar-refractivity contribution in [1.29, 1.82) is 5.26 Å². The van der Waals surface area contributed by atoms with Crippen LogP contribution in [-0.4, -0.2) is 55.2 Å². The van der Waals surface area contributed by atoms with Gasteiger partial charge in [0.05, 0.1) is 22.7 Å². The van der Waals surface area contributed by atoms with Gasteiger partial charge in [0.2, 0.25) is 0 Å². The van der Waals surface area contributed by atoms with E-state index in [1.54, 1.807) is 29.7 Å². The van der Waals surface area contributed by atoms with E-state index in [9.17, 15) is 4.79 Å². The van der Waals surface area contributed by atoms with Gasteiger partial charge in [-0.2, -0.15) is 5.26 Å². The molecule has 1 fully saturated rings. The number of halogens is 1. The van der Waals surface area contributed by atoms with E-state index in [4.69, 9.17) is 14.7 Å². The van der Waals surface area contributed by atoms with Crippen LogP contribution in [0.4, 0.5) is 5.13 Å². The maximum Gasteiger partial charge on any atom is 0.260 e. The maximum atomic E-state index is 12.7. The third-order valence-corrected chi connectivity index (χ3v) is 5.74. The topological polar surface area (TPSA) is 78.7 Å². The van der Waals surface area contributed by atoms with Crippen molar-refractivity contribution in [3.8, 4) is 17.6 Å². The number of benzene rings is 1. The van der Waals surface area contributed by atoms with Gasteiger partial charge in [0.1, 0.15) is 0 Å². The molecule has 0 atom stereocenters. The molecule has 0 spiro atoms. The third-order valence-electron chi connectivity index (χ3n) is 4.32. The first-order chi connectivity index (χ1) is 13.6. The number of nitriles is 1. The summed E-state index contributed by atoms with van der Waals surface area (Å²) in [4.78, 5) is 21.1. The Labute approximate surface area is 176 Å². The van der Waals surface area contributed by atoms with Crippen molar-refractivity contribution in [2.45, 2.75) is 13.3 Å². The molecule has 0 bridgehead atoms. The molecule has 2 heterocycles. The van der Waals surface area contributed by atoms with E-state index in [1.165, 1.54) is 0 Å². The van der Waals surface area contributed by atoms with Gasteiger partial charge >= 0.3 is 0 Å². The zero-order valence-electron chi connectivity index (χ0n) is 15.6. The van der Waals surface area contributed by atoms with Crippen LogP contribution < -0.4 is 14.4 Å². The van der Waals surface area contributed by atoms with Crippen molar-refractivity contribution in [1.82, 2.24) is 9.88 Å². The summed E-state index contributed by atoms with van der Waals surface area (Å²) >= 11 is 5.02. The van der Waals surface area contributed by atoms with Crippen LogP contribution in [0.1, 0.15) is 18.9 Å². The molecule has 1 aromatic carbocycles. The van der Waals surface area contributed by atoms with Gasteiger partial charge < -0.3 is 19.3 Å². The van der Waals surface area contributed by atoms with Crippen molar-refractivity contribution >= 4 is 38.3 Å². The molecule has 0 radical (unpaired) electrons. The van der Waals surface area contributed by atoms with Crippen molar-refractivity contribution in [3.63, 3.8) is 0 Å². The summed E-state index contributed by atoms with van der Waals surface area (Å²) in [7, 11) is 0. The normalized spacial score (nSPS) is 14.3. The molecule has 28 heavy (non-hydrogen) atoms. The lowest BCUT2D eigenvalue weighted by atomic mass is 10.2. The molecular weight excluding hydrogens is 444 g/mol. The van der Waals surface area contributed by atoms with Crippen LogP contribution in [0.5, 0.6) is 11.5 Å². The van der Waals surface area contributed by atoms with Crippen LogP contribution in [0, 0.1) is 11.3 Å². The summed E-state index contributed by atoms with van der Waals surface area (Å²) in [6.07, 6.45) is 2.68. The highest BCUT2D eigenvalue weighted by Gasteiger charge is 2.22. The fourth-order valence-electron chi connectivity index (χ4n) is 2.99. The monoisotopic (exact) mass is 464 g/mol. The maximum absolute atomic E-state index is 12.7. The third kappa shape index (κ3) is 4.94. The second-order valence-corrected chi connectivity index (χ2v) is 7.88. The van der Waals surface area contributed by atoms with Gasteiger partial charge in [-0.3, -0.25) is 4.79 Å². The van der Waals surface area contributed by atoms with Gasteiger partial charge in [-0.05, 0) is 35.3 Å². The lowest BCUT2D eigenvalue weighted by Gasteiger charge is -2.22. The van der Waals surface area contributed by atoms with Gasteiger partial charge in [-0.25, -0.2) is 4.98 Å². The van der Waals surface area contributed by atoms with Gasteiger partial charge in [-0.15, -0.1) is 11.3 Å². The molecule has 9 heteroatoms. The fourth-order valence-corrected chi connectivity index (χ4v) is 4.24. The Bertz CT molecular complexity index is 854. The van der Waals surface area contributed by atoms with Crippen LogP contribution in [0.15, 0.2) is 28.2 Å². The van der Waals surface area contributed by atoms with E-state index >= 15 is 0 Å². The number of amides is 1. The number of thiazole rings is 1. The molecule has 2 aromatic rings. The second-order valence-electron chi connectivity index (χ2n) is 6.15. The van der Waals surface area contributed by atoms with Gasteiger partial charge in [-0.1, -0.05) is 0 Å². The number of aromatic nitrogens is 1. The zero-order chi connectivity index (χ0) is 19.9. The largest absolute Gasteiger partial charge is 0.490 e. The smallest absolute Gasteiger partial charge is 0.260 e. The average molecular weight is 465 g/mol. The van der Waals surface area contributed by atoms with E-state index in [0.717, 1.165) is 24.6 Å². The molecule has 1 aliphatic heterocycles. The van der Waals surface area contributed by atoms with Crippen LogP contribution in [-0.2, 0) is 4.79 Å². The molecule has 7 nitrogen and oxygen atoms in total. The average Bonchev–Trinajstić information content (AvgIpc) is 3.11. The highest BCUT2D eigenvalue weighted by Crippen LogP contribution is 2.36. The van der Waals surface area contributed by atoms with E-state index in [0.29, 0.717) is 41.2 Å². The lowest BCUT2D eigenvalue weighted by molar-refractivity contribution is -0.133. The molecule has 1 aliphatic rings. The van der Waals surface area contributed by atoms with E-state index in [2.05, 4.69) is 31.9 Å². The summed E-state index contributed by atoms with van der Waals surface area (Å²) in [5.74, 6) is 0.820. The minimum absolute atomic E-state index is 0.0697. The summed E-state index contributed by atoms with van der Waals surface area (Å²) in [6, 6.07) is 5.35. The number of hydrogen-bond acceptors (Lipinski definition) is 7. The van der Waals surface area contributed by atoms with Crippen molar-refractivity contribution in [2.75, 3.05) is 44.3 Å². The molecule has 0 N–H and O–H groups in total. The predicted octanol–water partition coefficient (Wildman–Crippen LogP) is 3.29. The predicted molar refractivity (Wildman–Crippen MR) is 111 cm³/mol. The zero-order valence-corrected chi connectivity index (χ0v) is 18.0. The first-order valence-corrected chi connectivity index (χ1v) is 10.7. The molecule has 3 rings (SSSR count). The van der Waals surface area contributed by atoms with Crippen LogP contribution >= 0.6 is 27.3 Å². The van der Waals surface area contributed by atoms with Gasteiger partial charge in [0.15, 0.2) is 23.2 Å². The number of carbonyl (C=O) groups excluding carboxylic acids is 1. The Morgan fingerprint density at radius 2 is 2.18 bits per heavy atom. The van der Waals surface area contributed by atoms with E-state index in [-0.39, 0.29) is 12.5 Å². The number of hydrogen-bond donors (Lipinski definition) is 0. The number of ether oxygens (including phenoxy) is 2. The highest BCUT2D eigenvalue weighted by atomic mass is 79.9. The molecule has 0 aliphatic carbocycles. The Morgan fingerprint density at radius 3 is 2.89 bits per heavy atom. The molecule has 0 unspecified atom stereocenters. The van der Waals surface area contributed by atoms with E-state index in [1.807, 2.05) is 17.2 Å². The fraction of sp³-hybridized carbons (Fsp3) is 0.421. The Morgan fingerprint density at radius 1 is 1.32 bits per heavy atom. The van der Waals surface area contributed by atoms with Crippen LogP contribution in [0.2, 0.25) is 0 Å².